The van der Waals surface area contributed by atoms with Gasteiger partial charge < -0.3 is 9.64 Å². The van der Waals surface area contributed by atoms with Crippen molar-refractivity contribution < 1.29 is 9.53 Å². The minimum atomic E-state index is -0.810. The standard InChI is InChI=1S/C40H45NO2/c1-3-5-29-39(28-4-2)31-37(41(38(39)42)30-18-21-33-19-10-6-11-20-33)32-43-40(34-22-12-7-13-23-34,35-24-14-8-15-25-35)36-26-16-9-17-27-36/h4,6-17,19-20,22-27,37H,2-3,5,18,21,28-32H2,1H3/t37-,39-/m0/s1. The minimum Gasteiger partial charge on any atom is -0.359 e. The van der Waals surface area contributed by atoms with Gasteiger partial charge >= 0.3 is 0 Å². The van der Waals surface area contributed by atoms with Crippen LogP contribution in [0.4, 0.5) is 0 Å². The first-order valence-corrected chi connectivity index (χ1v) is 15.9. The van der Waals surface area contributed by atoms with Gasteiger partial charge in [0.05, 0.1) is 18.1 Å². The number of amides is 1. The summed E-state index contributed by atoms with van der Waals surface area (Å²) < 4.78 is 7.27. The third-order valence-electron chi connectivity index (χ3n) is 9.07. The maximum Gasteiger partial charge on any atom is 0.229 e. The third kappa shape index (κ3) is 6.68. The van der Waals surface area contributed by atoms with Crippen LogP contribution >= 0.6 is 0 Å². The average molecular weight is 572 g/mol. The van der Waals surface area contributed by atoms with Gasteiger partial charge in [0, 0.05) is 6.54 Å². The van der Waals surface area contributed by atoms with Crippen LogP contribution < -0.4 is 0 Å². The number of likely N-dealkylation sites (tertiary alicyclic amines) is 1. The summed E-state index contributed by atoms with van der Waals surface area (Å²) in [5, 5.41) is 0. The van der Waals surface area contributed by atoms with E-state index in [1.165, 1.54) is 5.56 Å². The van der Waals surface area contributed by atoms with Gasteiger partial charge in [-0.3, -0.25) is 4.79 Å². The van der Waals surface area contributed by atoms with E-state index in [2.05, 4.69) is 122 Å². The van der Waals surface area contributed by atoms with E-state index in [4.69, 9.17) is 4.74 Å². The number of allylic oxidation sites excluding steroid dienone is 1. The molecule has 5 rings (SSSR count). The molecule has 4 aromatic carbocycles. The predicted octanol–water partition coefficient (Wildman–Crippen LogP) is 8.98. The molecule has 0 unspecified atom stereocenters. The Labute approximate surface area is 258 Å². The zero-order valence-corrected chi connectivity index (χ0v) is 25.5. The molecular weight excluding hydrogens is 526 g/mol. The topological polar surface area (TPSA) is 29.5 Å². The Balaban J connectivity index is 1.50. The van der Waals surface area contributed by atoms with Crippen LogP contribution in [0, 0.1) is 5.41 Å². The molecule has 4 aromatic rings. The lowest BCUT2D eigenvalue weighted by Crippen LogP contribution is -2.42. The number of unbranched alkanes of at least 4 members (excludes halogenated alkanes) is 1. The largest absolute Gasteiger partial charge is 0.359 e. The Bertz CT molecular complexity index is 1320. The fourth-order valence-electron chi connectivity index (χ4n) is 6.91. The van der Waals surface area contributed by atoms with Crippen molar-refractivity contribution >= 4 is 5.91 Å². The van der Waals surface area contributed by atoms with Crippen molar-refractivity contribution in [1.82, 2.24) is 4.90 Å². The zero-order chi connectivity index (χ0) is 30.0. The highest BCUT2D eigenvalue weighted by molar-refractivity contribution is 5.85. The van der Waals surface area contributed by atoms with Crippen molar-refractivity contribution in [2.45, 2.75) is 63.5 Å². The normalized spacial score (nSPS) is 18.6. The van der Waals surface area contributed by atoms with E-state index in [0.717, 1.165) is 61.8 Å². The van der Waals surface area contributed by atoms with E-state index in [1.807, 2.05) is 24.3 Å². The fraction of sp³-hybridized carbons (Fsp3) is 0.325. The predicted molar refractivity (Wildman–Crippen MR) is 177 cm³/mol. The van der Waals surface area contributed by atoms with Crippen LogP contribution in [0.2, 0.25) is 0 Å². The van der Waals surface area contributed by atoms with Gasteiger partial charge in [-0.2, -0.15) is 0 Å². The number of carbonyl (C=O) groups excluding carboxylic acids is 1. The molecular formula is C40H45NO2. The zero-order valence-electron chi connectivity index (χ0n) is 25.5. The number of carbonyl (C=O) groups is 1. The van der Waals surface area contributed by atoms with Gasteiger partial charge in [0.25, 0.3) is 0 Å². The van der Waals surface area contributed by atoms with Gasteiger partial charge in [-0.1, -0.05) is 147 Å². The van der Waals surface area contributed by atoms with Crippen molar-refractivity contribution in [3.05, 3.63) is 156 Å². The van der Waals surface area contributed by atoms with Crippen LogP contribution in [0.3, 0.4) is 0 Å². The Kier molecular flexibility index (Phi) is 10.3. The molecule has 1 fully saturated rings. The highest BCUT2D eigenvalue weighted by atomic mass is 16.5. The lowest BCUT2D eigenvalue weighted by molar-refractivity contribution is -0.138. The number of ether oxygens (including phenoxy) is 1. The summed E-state index contributed by atoms with van der Waals surface area (Å²) in [6.07, 6.45) is 8.31. The van der Waals surface area contributed by atoms with Crippen molar-refractivity contribution in [3.8, 4) is 0 Å². The fourth-order valence-corrected chi connectivity index (χ4v) is 6.91. The molecule has 0 N–H and O–H groups in total. The second kappa shape index (κ2) is 14.5. The summed E-state index contributed by atoms with van der Waals surface area (Å²) in [6.45, 7) is 7.44. The van der Waals surface area contributed by atoms with Crippen LogP contribution in [0.15, 0.2) is 134 Å². The number of rotatable bonds is 15. The summed E-state index contributed by atoms with van der Waals surface area (Å²) in [7, 11) is 0. The molecule has 0 saturated carbocycles. The lowest BCUT2D eigenvalue weighted by atomic mass is 9.77. The lowest BCUT2D eigenvalue weighted by Gasteiger charge is -2.38. The summed E-state index contributed by atoms with van der Waals surface area (Å²) in [5.74, 6) is 0.271. The van der Waals surface area contributed by atoms with Crippen molar-refractivity contribution in [2.75, 3.05) is 13.2 Å². The molecule has 1 aliphatic rings. The van der Waals surface area contributed by atoms with Gasteiger partial charge in [0.2, 0.25) is 5.91 Å². The first-order valence-electron chi connectivity index (χ1n) is 15.9. The van der Waals surface area contributed by atoms with Crippen molar-refractivity contribution in [3.63, 3.8) is 0 Å². The number of aryl methyl sites for hydroxylation is 1. The molecule has 1 saturated heterocycles. The first kappa shape index (κ1) is 30.5. The quantitative estimate of drug-likeness (QED) is 0.105. The summed E-state index contributed by atoms with van der Waals surface area (Å²) in [6, 6.07) is 42.1. The maximum absolute atomic E-state index is 14.3. The Morgan fingerprint density at radius 3 is 1.81 bits per heavy atom. The molecule has 0 spiro atoms. The molecule has 0 radical (unpaired) electrons. The van der Waals surface area contributed by atoms with E-state index >= 15 is 0 Å². The molecule has 0 aliphatic carbocycles. The van der Waals surface area contributed by atoms with Gasteiger partial charge in [-0.05, 0) is 54.4 Å². The highest BCUT2D eigenvalue weighted by Gasteiger charge is 2.51. The van der Waals surface area contributed by atoms with Crippen LogP contribution in [-0.2, 0) is 21.6 Å². The molecule has 2 atom stereocenters. The van der Waals surface area contributed by atoms with Crippen LogP contribution in [0.25, 0.3) is 0 Å². The third-order valence-corrected chi connectivity index (χ3v) is 9.07. The summed E-state index contributed by atoms with van der Waals surface area (Å²) in [4.78, 5) is 16.5. The average Bonchev–Trinajstić information content (AvgIpc) is 3.32. The number of nitrogens with zero attached hydrogens (tertiary/aromatic N) is 1. The van der Waals surface area contributed by atoms with E-state index in [1.54, 1.807) is 0 Å². The molecule has 222 valence electrons. The Morgan fingerprint density at radius 2 is 1.33 bits per heavy atom. The first-order chi connectivity index (χ1) is 21.1. The molecule has 0 bridgehead atoms. The van der Waals surface area contributed by atoms with Crippen molar-refractivity contribution in [1.29, 1.82) is 0 Å². The molecule has 1 amide bonds. The van der Waals surface area contributed by atoms with E-state index < -0.39 is 11.0 Å². The highest BCUT2D eigenvalue weighted by Crippen LogP contribution is 2.46. The molecule has 43 heavy (non-hydrogen) atoms. The van der Waals surface area contributed by atoms with E-state index in [-0.39, 0.29) is 11.9 Å². The van der Waals surface area contributed by atoms with Crippen LogP contribution in [0.1, 0.15) is 67.7 Å². The van der Waals surface area contributed by atoms with Crippen LogP contribution in [0.5, 0.6) is 0 Å². The Hall–Kier alpha value is -3.95. The van der Waals surface area contributed by atoms with Crippen molar-refractivity contribution in [2.24, 2.45) is 5.41 Å². The molecule has 0 aromatic heterocycles. The van der Waals surface area contributed by atoms with Gasteiger partial charge in [0.15, 0.2) is 0 Å². The molecule has 3 heteroatoms. The molecule has 3 nitrogen and oxygen atoms in total. The van der Waals surface area contributed by atoms with E-state index in [9.17, 15) is 4.79 Å². The summed E-state index contributed by atoms with van der Waals surface area (Å²) in [5.41, 5.74) is 3.33. The number of hydrogen-bond donors (Lipinski definition) is 0. The Morgan fingerprint density at radius 1 is 0.814 bits per heavy atom. The molecule has 1 heterocycles. The van der Waals surface area contributed by atoms with Gasteiger partial charge in [0.1, 0.15) is 5.60 Å². The van der Waals surface area contributed by atoms with Gasteiger partial charge in [-0.15, -0.1) is 6.58 Å². The minimum absolute atomic E-state index is 0.0180. The second-order valence-electron chi connectivity index (χ2n) is 11.9. The van der Waals surface area contributed by atoms with Gasteiger partial charge in [-0.25, -0.2) is 0 Å². The number of hydrogen-bond acceptors (Lipinski definition) is 2. The summed E-state index contributed by atoms with van der Waals surface area (Å²) >= 11 is 0. The monoisotopic (exact) mass is 571 g/mol. The van der Waals surface area contributed by atoms with Crippen LogP contribution in [-0.4, -0.2) is 30.0 Å². The number of benzene rings is 4. The smallest absolute Gasteiger partial charge is 0.229 e. The maximum atomic E-state index is 14.3. The van der Waals surface area contributed by atoms with E-state index in [0.29, 0.717) is 13.0 Å². The SMILES string of the molecule is C=CC[C@]1(CCCC)C[C@@H](COC(c2ccccc2)(c2ccccc2)c2ccccc2)N(CCCc2ccccc2)C1=O. The second-order valence-corrected chi connectivity index (χ2v) is 11.9. The molecule has 1 aliphatic heterocycles.